The number of ether oxygens (including phenoxy) is 1. The third-order valence-electron chi connectivity index (χ3n) is 2.77. The molecule has 0 bridgehead atoms. The van der Waals surface area contributed by atoms with E-state index >= 15 is 0 Å². The molecule has 110 valence electrons. The highest BCUT2D eigenvalue weighted by Crippen LogP contribution is 2.30. The number of nitro groups is 1. The number of aryl methyl sites for hydroxylation is 1. The number of hydrogen-bond acceptors (Lipinski definition) is 5. The molecule has 1 aromatic rings. The summed E-state index contributed by atoms with van der Waals surface area (Å²) in [5, 5.41) is 13.9. The van der Waals surface area contributed by atoms with Crippen LogP contribution in [0.5, 0.6) is 5.75 Å². The summed E-state index contributed by atoms with van der Waals surface area (Å²) in [5.74, 6) is -0.378. The summed E-state index contributed by atoms with van der Waals surface area (Å²) < 4.78 is 5.44. The van der Waals surface area contributed by atoms with E-state index in [9.17, 15) is 14.9 Å². The Labute approximate surface area is 117 Å². The zero-order chi connectivity index (χ0) is 15.1. The maximum atomic E-state index is 11.3. The zero-order valence-electron chi connectivity index (χ0n) is 11.6. The average Bonchev–Trinajstić information content (AvgIpc) is 2.39. The fourth-order valence-electron chi connectivity index (χ4n) is 1.70. The van der Waals surface area contributed by atoms with E-state index in [0.717, 1.165) is 6.42 Å². The second-order valence-corrected chi connectivity index (χ2v) is 4.40. The molecule has 0 aliphatic rings. The Bertz CT molecular complexity index is 491. The number of benzene rings is 1. The summed E-state index contributed by atoms with van der Waals surface area (Å²) in [7, 11) is 0. The van der Waals surface area contributed by atoms with E-state index in [0.29, 0.717) is 12.1 Å². The minimum atomic E-state index is -0.672. The molecule has 0 saturated carbocycles. The second-order valence-electron chi connectivity index (χ2n) is 4.40. The van der Waals surface area contributed by atoms with Gasteiger partial charge in [0.05, 0.1) is 4.92 Å². The van der Waals surface area contributed by atoms with Crippen LogP contribution in [0.1, 0.15) is 18.9 Å². The van der Waals surface area contributed by atoms with Crippen LogP contribution in [0.2, 0.25) is 0 Å². The highest BCUT2D eigenvalue weighted by molar-refractivity contribution is 5.80. The number of nitrogens with two attached hydrogens (primary N) is 1. The Morgan fingerprint density at radius 3 is 2.80 bits per heavy atom. The van der Waals surface area contributed by atoms with Crippen molar-refractivity contribution in [2.24, 2.45) is 5.73 Å². The van der Waals surface area contributed by atoms with E-state index in [1.807, 2.05) is 6.92 Å². The van der Waals surface area contributed by atoms with Crippen molar-refractivity contribution in [3.63, 3.8) is 0 Å². The third kappa shape index (κ3) is 4.20. The molecule has 0 spiro atoms. The second kappa shape index (κ2) is 7.44. The van der Waals surface area contributed by atoms with Gasteiger partial charge in [0.15, 0.2) is 5.75 Å². The van der Waals surface area contributed by atoms with Crippen molar-refractivity contribution < 1.29 is 14.5 Å². The summed E-state index contributed by atoms with van der Waals surface area (Å²) in [5.41, 5.74) is 5.78. The maximum Gasteiger partial charge on any atom is 0.311 e. The minimum absolute atomic E-state index is 0.0406. The molecule has 0 heterocycles. The van der Waals surface area contributed by atoms with E-state index in [1.165, 1.54) is 6.07 Å². The van der Waals surface area contributed by atoms with Gasteiger partial charge in [0.25, 0.3) is 0 Å². The normalized spacial score (nSPS) is 11.9. The van der Waals surface area contributed by atoms with Crippen LogP contribution in [0.4, 0.5) is 5.69 Å². The molecule has 7 nitrogen and oxygen atoms in total. The van der Waals surface area contributed by atoms with Gasteiger partial charge < -0.3 is 15.8 Å². The predicted molar refractivity (Wildman–Crippen MR) is 74.6 cm³/mol. The number of carbonyl (C=O) groups is 1. The average molecular weight is 281 g/mol. The van der Waals surface area contributed by atoms with Gasteiger partial charge in [0.2, 0.25) is 5.91 Å². The first-order chi connectivity index (χ1) is 9.47. The number of nitrogens with one attached hydrogen (secondary N) is 1. The number of nitrogens with zero attached hydrogens (tertiary/aromatic N) is 1. The standard InChI is InChI=1S/C13H19N3O4/c1-3-7-15-10(13(14)17)8-20-12-9(2)5-4-6-11(12)16(18)19/h4-6,10,15H,3,7-8H2,1-2H3,(H2,14,17). The van der Waals surface area contributed by atoms with Crippen LogP contribution in [0.25, 0.3) is 0 Å². The summed E-state index contributed by atoms with van der Waals surface area (Å²) in [4.78, 5) is 21.7. The van der Waals surface area contributed by atoms with Crippen LogP contribution < -0.4 is 15.8 Å². The van der Waals surface area contributed by atoms with Crippen molar-refractivity contribution in [2.75, 3.05) is 13.2 Å². The smallest absolute Gasteiger partial charge is 0.311 e. The number of rotatable bonds is 8. The van der Waals surface area contributed by atoms with Gasteiger partial charge >= 0.3 is 5.69 Å². The van der Waals surface area contributed by atoms with Gasteiger partial charge in [-0.25, -0.2) is 0 Å². The van der Waals surface area contributed by atoms with Crippen molar-refractivity contribution in [3.05, 3.63) is 33.9 Å². The summed E-state index contributed by atoms with van der Waals surface area (Å²) in [6, 6.07) is 3.98. The number of hydrogen-bond donors (Lipinski definition) is 2. The molecule has 3 N–H and O–H groups in total. The number of primary amides is 1. The summed E-state index contributed by atoms with van der Waals surface area (Å²) >= 11 is 0. The number of carbonyl (C=O) groups excluding carboxylic acids is 1. The topological polar surface area (TPSA) is 107 Å². The zero-order valence-corrected chi connectivity index (χ0v) is 11.6. The molecule has 7 heteroatoms. The lowest BCUT2D eigenvalue weighted by molar-refractivity contribution is -0.385. The number of para-hydroxylation sites is 1. The van der Waals surface area contributed by atoms with E-state index in [-0.39, 0.29) is 18.0 Å². The van der Waals surface area contributed by atoms with Crippen molar-refractivity contribution in [1.82, 2.24) is 5.32 Å². The largest absolute Gasteiger partial charge is 0.484 e. The van der Waals surface area contributed by atoms with Crippen molar-refractivity contribution >= 4 is 11.6 Å². The Morgan fingerprint density at radius 1 is 1.55 bits per heavy atom. The van der Waals surface area contributed by atoms with Crippen molar-refractivity contribution in [2.45, 2.75) is 26.3 Å². The van der Waals surface area contributed by atoms with Gasteiger partial charge in [-0.15, -0.1) is 0 Å². The molecule has 1 atom stereocenters. The van der Waals surface area contributed by atoms with Gasteiger partial charge in [0, 0.05) is 6.07 Å². The molecule has 1 amide bonds. The lowest BCUT2D eigenvalue weighted by Crippen LogP contribution is -2.45. The van der Waals surface area contributed by atoms with Crippen LogP contribution >= 0.6 is 0 Å². The molecule has 20 heavy (non-hydrogen) atoms. The predicted octanol–water partition coefficient (Wildman–Crippen LogP) is 1.14. The Hall–Kier alpha value is -2.15. The molecule has 1 unspecified atom stereocenters. The van der Waals surface area contributed by atoms with Crippen LogP contribution in [-0.4, -0.2) is 30.0 Å². The van der Waals surface area contributed by atoms with Gasteiger partial charge in [0.1, 0.15) is 12.6 Å². The highest BCUT2D eigenvalue weighted by atomic mass is 16.6. The van der Waals surface area contributed by atoms with E-state index < -0.39 is 16.9 Å². The molecule has 0 radical (unpaired) electrons. The van der Waals surface area contributed by atoms with Crippen LogP contribution in [0, 0.1) is 17.0 Å². The Morgan fingerprint density at radius 2 is 2.25 bits per heavy atom. The SMILES string of the molecule is CCCNC(COc1c(C)cccc1[N+](=O)[O-])C(N)=O. The number of amides is 1. The number of nitro benzene ring substituents is 1. The van der Waals surface area contributed by atoms with Gasteiger partial charge in [-0.05, 0) is 25.5 Å². The molecule has 0 saturated heterocycles. The maximum absolute atomic E-state index is 11.3. The van der Waals surface area contributed by atoms with Crippen molar-refractivity contribution in [1.29, 1.82) is 0 Å². The quantitative estimate of drug-likeness (QED) is 0.548. The van der Waals surface area contributed by atoms with Gasteiger partial charge in [-0.3, -0.25) is 14.9 Å². The first-order valence-electron chi connectivity index (χ1n) is 6.36. The van der Waals surface area contributed by atoms with Crippen molar-refractivity contribution in [3.8, 4) is 5.75 Å². The van der Waals surface area contributed by atoms with E-state index in [2.05, 4.69) is 5.32 Å². The first-order valence-corrected chi connectivity index (χ1v) is 6.36. The minimum Gasteiger partial charge on any atom is -0.484 e. The Kier molecular flexibility index (Phi) is 5.92. The molecule has 0 aliphatic carbocycles. The molecule has 1 aromatic carbocycles. The monoisotopic (exact) mass is 281 g/mol. The molecule has 0 fully saturated rings. The lowest BCUT2D eigenvalue weighted by atomic mass is 10.2. The third-order valence-corrected chi connectivity index (χ3v) is 2.77. The van der Waals surface area contributed by atoms with Crippen LogP contribution in [-0.2, 0) is 4.79 Å². The fourth-order valence-corrected chi connectivity index (χ4v) is 1.70. The van der Waals surface area contributed by atoms with E-state index in [1.54, 1.807) is 19.1 Å². The van der Waals surface area contributed by atoms with Gasteiger partial charge in [-0.2, -0.15) is 0 Å². The highest BCUT2D eigenvalue weighted by Gasteiger charge is 2.20. The molecule has 0 aliphatic heterocycles. The van der Waals surface area contributed by atoms with Crippen LogP contribution in [0.15, 0.2) is 18.2 Å². The molecule has 0 aromatic heterocycles. The summed E-state index contributed by atoms with van der Waals surface area (Å²) in [6.45, 7) is 4.24. The van der Waals surface area contributed by atoms with Crippen LogP contribution in [0.3, 0.4) is 0 Å². The lowest BCUT2D eigenvalue weighted by Gasteiger charge is -2.16. The van der Waals surface area contributed by atoms with E-state index in [4.69, 9.17) is 10.5 Å². The Balaban J connectivity index is 2.82. The van der Waals surface area contributed by atoms with Gasteiger partial charge in [-0.1, -0.05) is 19.1 Å². The molecular formula is C13H19N3O4. The molecular weight excluding hydrogens is 262 g/mol. The summed E-state index contributed by atoms with van der Waals surface area (Å²) in [6.07, 6.45) is 0.842. The molecule has 1 rings (SSSR count). The fraction of sp³-hybridized carbons (Fsp3) is 0.462. The first kappa shape index (κ1) is 15.9.